The van der Waals surface area contributed by atoms with Gasteiger partial charge >= 0.3 is 0 Å². The fourth-order valence-corrected chi connectivity index (χ4v) is 4.33. The summed E-state index contributed by atoms with van der Waals surface area (Å²) in [4.78, 5) is 2.30. The Morgan fingerprint density at radius 1 is 1.32 bits per heavy atom. The summed E-state index contributed by atoms with van der Waals surface area (Å²) < 4.78 is 39.8. The summed E-state index contributed by atoms with van der Waals surface area (Å²) in [5, 5.41) is 0. The predicted octanol–water partition coefficient (Wildman–Crippen LogP) is 1.46. The van der Waals surface area contributed by atoms with E-state index in [9.17, 15) is 12.8 Å². The van der Waals surface area contributed by atoms with Crippen LogP contribution in [0.25, 0.3) is 0 Å². The minimum atomic E-state index is -3.54. The molecule has 0 saturated carbocycles. The van der Waals surface area contributed by atoms with Gasteiger partial charge in [-0.15, -0.1) is 0 Å². The zero-order valence-corrected chi connectivity index (χ0v) is 12.2. The average Bonchev–Trinajstić information content (AvgIpc) is 2.27. The highest BCUT2D eigenvalue weighted by Crippen LogP contribution is 2.24. The van der Waals surface area contributed by atoms with Crippen LogP contribution in [0.15, 0.2) is 23.1 Å². The van der Waals surface area contributed by atoms with Gasteiger partial charge in [-0.2, -0.15) is 4.31 Å². The van der Waals surface area contributed by atoms with Gasteiger partial charge in [-0.05, 0) is 44.7 Å². The summed E-state index contributed by atoms with van der Waals surface area (Å²) >= 11 is 0. The standard InChI is InChI=1S/C13H19FN2O2S/c1-10-8-12(14)4-5-13(10)19(17,18)16-7-6-15(3)9-11(16)2/h4-5,8,11H,6-7,9H2,1-3H3. The molecule has 1 saturated heterocycles. The molecule has 0 amide bonds. The lowest BCUT2D eigenvalue weighted by molar-refractivity contribution is 0.170. The molecule has 0 aliphatic carbocycles. The largest absolute Gasteiger partial charge is 0.303 e. The monoisotopic (exact) mass is 286 g/mol. The normalized spacial score (nSPS) is 22.6. The first-order chi connectivity index (χ1) is 8.82. The van der Waals surface area contributed by atoms with Crippen molar-refractivity contribution in [3.05, 3.63) is 29.6 Å². The minimum Gasteiger partial charge on any atom is -0.303 e. The SMILES string of the molecule is Cc1cc(F)ccc1S(=O)(=O)N1CCN(C)CC1C. The molecule has 1 heterocycles. The Labute approximate surface area is 113 Å². The number of rotatable bonds is 2. The van der Waals surface area contributed by atoms with E-state index in [1.54, 1.807) is 6.92 Å². The van der Waals surface area contributed by atoms with Crippen LogP contribution < -0.4 is 0 Å². The highest BCUT2D eigenvalue weighted by Gasteiger charge is 2.33. The van der Waals surface area contributed by atoms with Gasteiger partial charge < -0.3 is 4.90 Å². The van der Waals surface area contributed by atoms with Crippen LogP contribution >= 0.6 is 0 Å². The topological polar surface area (TPSA) is 40.6 Å². The van der Waals surface area contributed by atoms with Crippen LogP contribution in [0.5, 0.6) is 0 Å². The molecule has 1 aliphatic rings. The van der Waals surface area contributed by atoms with E-state index in [4.69, 9.17) is 0 Å². The lowest BCUT2D eigenvalue weighted by atomic mass is 10.2. The lowest BCUT2D eigenvalue weighted by Crippen LogP contribution is -2.52. The summed E-state index contributed by atoms with van der Waals surface area (Å²) in [7, 11) is -1.57. The first-order valence-electron chi connectivity index (χ1n) is 6.29. The molecule has 4 nitrogen and oxygen atoms in total. The maximum atomic E-state index is 13.1. The Balaban J connectivity index is 2.37. The number of benzene rings is 1. The molecule has 6 heteroatoms. The molecule has 1 aliphatic heterocycles. The number of hydrogen-bond donors (Lipinski definition) is 0. The Morgan fingerprint density at radius 2 is 2.00 bits per heavy atom. The number of likely N-dealkylation sites (N-methyl/N-ethyl adjacent to an activating group) is 1. The summed E-state index contributed by atoms with van der Waals surface area (Å²) in [5.41, 5.74) is 0.450. The number of sulfonamides is 1. The summed E-state index contributed by atoms with van der Waals surface area (Å²) in [6, 6.07) is 3.73. The van der Waals surface area contributed by atoms with E-state index < -0.39 is 15.8 Å². The molecular weight excluding hydrogens is 267 g/mol. The molecule has 106 valence electrons. The van der Waals surface area contributed by atoms with Gasteiger partial charge in [-0.1, -0.05) is 0 Å². The van der Waals surface area contributed by atoms with Crippen LogP contribution in [-0.2, 0) is 10.0 Å². The van der Waals surface area contributed by atoms with Crippen molar-refractivity contribution in [2.45, 2.75) is 24.8 Å². The smallest absolute Gasteiger partial charge is 0.243 e. The number of aryl methyl sites for hydroxylation is 1. The zero-order valence-electron chi connectivity index (χ0n) is 11.4. The third-order valence-electron chi connectivity index (χ3n) is 3.49. The van der Waals surface area contributed by atoms with Gasteiger partial charge in [0.1, 0.15) is 5.82 Å². The predicted molar refractivity (Wildman–Crippen MR) is 72.0 cm³/mol. The average molecular weight is 286 g/mol. The van der Waals surface area contributed by atoms with E-state index in [0.29, 0.717) is 25.2 Å². The van der Waals surface area contributed by atoms with E-state index in [-0.39, 0.29) is 10.9 Å². The van der Waals surface area contributed by atoms with Gasteiger partial charge in [0, 0.05) is 25.7 Å². The first-order valence-corrected chi connectivity index (χ1v) is 7.73. The molecule has 0 spiro atoms. The van der Waals surface area contributed by atoms with Crippen LogP contribution in [0.1, 0.15) is 12.5 Å². The van der Waals surface area contributed by atoms with Crippen LogP contribution in [0.4, 0.5) is 4.39 Å². The lowest BCUT2D eigenvalue weighted by Gasteiger charge is -2.37. The van der Waals surface area contributed by atoms with E-state index >= 15 is 0 Å². The van der Waals surface area contributed by atoms with Crippen molar-refractivity contribution < 1.29 is 12.8 Å². The van der Waals surface area contributed by atoms with Gasteiger partial charge in [0.25, 0.3) is 0 Å². The second-order valence-electron chi connectivity index (χ2n) is 5.14. The number of nitrogens with zero attached hydrogens (tertiary/aromatic N) is 2. The van der Waals surface area contributed by atoms with Gasteiger partial charge in [0.2, 0.25) is 10.0 Å². The van der Waals surface area contributed by atoms with Crippen molar-refractivity contribution in [1.82, 2.24) is 9.21 Å². The molecule has 2 rings (SSSR count). The van der Waals surface area contributed by atoms with Crippen LogP contribution in [-0.4, -0.2) is 50.3 Å². The minimum absolute atomic E-state index is 0.0757. The maximum absolute atomic E-state index is 13.1. The second kappa shape index (κ2) is 5.19. The molecule has 0 radical (unpaired) electrons. The van der Waals surface area contributed by atoms with Crippen LogP contribution in [0, 0.1) is 12.7 Å². The fraction of sp³-hybridized carbons (Fsp3) is 0.538. The van der Waals surface area contributed by atoms with Gasteiger partial charge in [-0.25, -0.2) is 12.8 Å². The first kappa shape index (κ1) is 14.4. The van der Waals surface area contributed by atoms with E-state index in [1.807, 2.05) is 14.0 Å². The van der Waals surface area contributed by atoms with Crippen molar-refractivity contribution in [3.63, 3.8) is 0 Å². The molecule has 1 unspecified atom stereocenters. The highest BCUT2D eigenvalue weighted by molar-refractivity contribution is 7.89. The molecule has 1 atom stereocenters. The van der Waals surface area contributed by atoms with Gasteiger partial charge in [-0.3, -0.25) is 0 Å². The maximum Gasteiger partial charge on any atom is 0.243 e. The molecule has 1 aromatic carbocycles. The summed E-state index contributed by atoms with van der Waals surface area (Å²) in [6.45, 7) is 5.41. The third kappa shape index (κ3) is 2.80. The second-order valence-corrected chi connectivity index (χ2v) is 7.00. The van der Waals surface area contributed by atoms with Crippen molar-refractivity contribution in [2.75, 3.05) is 26.7 Å². The zero-order chi connectivity index (χ0) is 14.2. The van der Waals surface area contributed by atoms with E-state index in [2.05, 4.69) is 4.90 Å². The number of piperazine rings is 1. The summed E-state index contributed by atoms with van der Waals surface area (Å²) in [5.74, 6) is -0.414. The highest BCUT2D eigenvalue weighted by atomic mass is 32.2. The molecule has 1 fully saturated rings. The molecule has 19 heavy (non-hydrogen) atoms. The Hall–Kier alpha value is -0.980. The van der Waals surface area contributed by atoms with Gasteiger partial charge in [0.15, 0.2) is 0 Å². The molecule has 0 N–H and O–H groups in total. The Bertz CT molecular complexity index is 574. The molecular formula is C13H19FN2O2S. The fourth-order valence-electron chi connectivity index (χ4n) is 2.51. The molecule has 1 aromatic rings. The van der Waals surface area contributed by atoms with Crippen LogP contribution in [0.2, 0.25) is 0 Å². The quantitative estimate of drug-likeness (QED) is 0.826. The van der Waals surface area contributed by atoms with Crippen molar-refractivity contribution in [3.8, 4) is 0 Å². The van der Waals surface area contributed by atoms with E-state index in [1.165, 1.54) is 22.5 Å². The Morgan fingerprint density at radius 3 is 2.58 bits per heavy atom. The third-order valence-corrected chi connectivity index (χ3v) is 5.67. The molecule has 0 aromatic heterocycles. The van der Waals surface area contributed by atoms with Crippen molar-refractivity contribution in [1.29, 1.82) is 0 Å². The Kier molecular flexibility index (Phi) is 3.94. The van der Waals surface area contributed by atoms with E-state index in [0.717, 1.165) is 0 Å². The number of hydrogen-bond acceptors (Lipinski definition) is 3. The van der Waals surface area contributed by atoms with Crippen LogP contribution in [0.3, 0.4) is 0 Å². The van der Waals surface area contributed by atoms with Crippen molar-refractivity contribution in [2.24, 2.45) is 0 Å². The number of halogens is 1. The summed E-state index contributed by atoms with van der Waals surface area (Å²) in [6.07, 6.45) is 0. The van der Waals surface area contributed by atoms with Crippen molar-refractivity contribution >= 4 is 10.0 Å². The van der Waals surface area contributed by atoms with Gasteiger partial charge in [0.05, 0.1) is 4.90 Å². The molecule has 0 bridgehead atoms.